The van der Waals surface area contributed by atoms with E-state index in [4.69, 9.17) is 8.83 Å². The van der Waals surface area contributed by atoms with Gasteiger partial charge in [0, 0.05) is 44.5 Å². The van der Waals surface area contributed by atoms with Crippen molar-refractivity contribution in [1.29, 1.82) is 0 Å². The third-order valence-corrected chi connectivity index (χ3v) is 8.66. The second-order valence-electron chi connectivity index (χ2n) is 11.3. The molecule has 0 radical (unpaired) electrons. The Morgan fingerprint density at radius 1 is 0.356 bits per heavy atom. The third-order valence-electron chi connectivity index (χ3n) is 8.66. The number of nitrogens with zero attached hydrogens (tertiary/aromatic N) is 1. The standard InChI is InChI=1S/C42H27NO2/c1-3-12-28(13-4-1)29-14-11-15-30(26-29)41-36(24-25-39-42(41)35-19-8-10-21-38(35)44-39)43(31-16-5-2-6-17-31)32-22-23-34-33-18-7-9-20-37(33)45-40(34)27-32/h1-27H. The predicted octanol–water partition coefficient (Wildman–Crippen LogP) is 12.3. The lowest BCUT2D eigenvalue weighted by Gasteiger charge is -2.28. The molecule has 0 aliphatic rings. The molecule has 7 aromatic carbocycles. The topological polar surface area (TPSA) is 29.5 Å². The number of para-hydroxylation sites is 3. The highest BCUT2D eigenvalue weighted by Crippen LogP contribution is 2.48. The zero-order valence-electron chi connectivity index (χ0n) is 24.4. The predicted molar refractivity (Wildman–Crippen MR) is 187 cm³/mol. The lowest BCUT2D eigenvalue weighted by molar-refractivity contribution is 0.668. The van der Waals surface area contributed by atoms with Crippen LogP contribution in [0.1, 0.15) is 0 Å². The van der Waals surface area contributed by atoms with Crippen LogP contribution < -0.4 is 4.90 Å². The second kappa shape index (κ2) is 10.3. The fourth-order valence-electron chi connectivity index (χ4n) is 6.63. The summed E-state index contributed by atoms with van der Waals surface area (Å²) in [6.07, 6.45) is 0. The van der Waals surface area contributed by atoms with Crippen molar-refractivity contribution in [2.45, 2.75) is 0 Å². The molecule has 0 spiro atoms. The highest BCUT2D eigenvalue weighted by Gasteiger charge is 2.23. The summed E-state index contributed by atoms with van der Waals surface area (Å²) < 4.78 is 12.8. The summed E-state index contributed by atoms with van der Waals surface area (Å²) in [4.78, 5) is 2.33. The molecule has 9 rings (SSSR count). The maximum atomic E-state index is 6.43. The van der Waals surface area contributed by atoms with Gasteiger partial charge in [-0.1, -0.05) is 103 Å². The van der Waals surface area contributed by atoms with E-state index in [2.05, 4.69) is 144 Å². The van der Waals surface area contributed by atoms with Crippen LogP contribution in [0.3, 0.4) is 0 Å². The van der Waals surface area contributed by atoms with Crippen LogP contribution >= 0.6 is 0 Å². The number of fused-ring (bicyclic) bond motifs is 6. The summed E-state index contributed by atoms with van der Waals surface area (Å²) in [6.45, 7) is 0. The summed E-state index contributed by atoms with van der Waals surface area (Å²) in [5, 5.41) is 4.42. The lowest BCUT2D eigenvalue weighted by Crippen LogP contribution is -2.11. The smallest absolute Gasteiger partial charge is 0.137 e. The molecular formula is C42H27NO2. The molecule has 0 N–H and O–H groups in total. The van der Waals surface area contributed by atoms with E-state index in [9.17, 15) is 0 Å². The van der Waals surface area contributed by atoms with Gasteiger partial charge < -0.3 is 13.7 Å². The molecule has 0 saturated heterocycles. The van der Waals surface area contributed by atoms with Gasteiger partial charge in [0.15, 0.2) is 0 Å². The van der Waals surface area contributed by atoms with Crippen LogP contribution in [0.4, 0.5) is 17.1 Å². The van der Waals surface area contributed by atoms with Crippen LogP contribution in [0.25, 0.3) is 66.1 Å². The van der Waals surface area contributed by atoms with Gasteiger partial charge in [-0.15, -0.1) is 0 Å². The molecule has 9 aromatic rings. The molecule has 2 heterocycles. The Balaban J connectivity index is 1.35. The van der Waals surface area contributed by atoms with Crippen molar-refractivity contribution in [1.82, 2.24) is 0 Å². The Morgan fingerprint density at radius 2 is 0.978 bits per heavy atom. The largest absolute Gasteiger partial charge is 0.456 e. The van der Waals surface area contributed by atoms with Gasteiger partial charge in [0.05, 0.1) is 5.69 Å². The number of furan rings is 2. The van der Waals surface area contributed by atoms with Gasteiger partial charge in [0.25, 0.3) is 0 Å². The van der Waals surface area contributed by atoms with E-state index in [-0.39, 0.29) is 0 Å². The van der Waals surface area contributed by atoms with E-state index in [1.165, 1.54) is 11.1 Å². The number of rotatable bonds is 5. The zero-order valence-corrected chi connectivity index (χ0v) is 24.4. The first-order valence-electron chi connectivity index (χ1n) is 15.2. The summed E-state index contributed by atoms with van der Waals surface area (Å²) in [6, 6.07) is 57.3. The highest BCUT2D eigenvalue weighted by atomic mass is 16.3. The Kier molecular flexibility index (Phi) is 5.82. The molecule has 2 aromatic heterocycles. The Labute approximate surface area is 260 Å². The van der Waals surface area contributed by atoms with Crippen molar-refractivity contribution in [2.24, 2.45) is 0 Å². The molecule has 0 bridgehead atoms. The number of hydrogen-bond donors (Lipinski definition) is 0. The number of anilines is 3. The lowest BCUT2D eigenvalue weighted by atomic mass is 9.93. The Morgan fingerprint density at radius 3 is 1.80 bits per heavy atom. The van der Waals surface area contributed by atoms with Gasteiger partial charge in [-0.25, -0.2) is 0 Å². The molecular weight excluding hydrogens is 550 g/mol. The molecule has 3 heteroatoms. The van der Waals surface area contributed by atoms with E-state index < -0.39 is 0 Å². The zero-order chi connectivity index (χ0) is 29.7. The molecule has 0 saturated carbocycles. The summed E-state index contributed by atoms with van der Waals surface area (Å²) in [7, 11) is 0. The van der Waals surface area contributed by atoms with E-state index in [1.807, 2.05) is 24.3 Å². The molecule has 0 aliphatic heterocycles. The first-order valence-corrected chi connectivity index (χ1v) is 15.2. The van der Waals surface area contributed by atoms with Crippen molar-refractivity contribution < 1.29 is 8.83 Å². The number of benzene rings is 7. The molecule has 45 heavy (non-hydrogen) atoms. The SMILES string of the molecule is c1ccc(-c2cccc(-c3c(N(c4ccccc4)c4ccc5c(c4)oc4ccccc45)ccc4oc5ccccc5c34)c2)cc1. The van der Waals surface area contributed by atoms with E-state index in [0.717, 1.165) is 72.1 Å². The van der Waals surface area contributed by atoms with Crippen LogP contribution in [-0.4, -0.2) is 0 Å². The maximum absolute atomic E-state index is 6.43. The van der Waals surface area contributed by atoms with Crippen LogP contribution in [0, 0.1) is 0 Å². The van der Waals surface area contributed by atoms with Crippen molar-refractivity contribution in [3.05, 3.63) is 164 Å². The van der Waals surface area contributed by atoms with Gasteiger partial charge in [0.2, 0.25) is 0 Å². The highest BCUT2D eigenvalue weighted by molar-refractivity contribution is 6.16. The van der Waals surface area contributed by atoms with Crippen molar-refractivity contribution in [3.8, 4) is 22.3 Å². The molecule has 0 unspecified atom stereocenters. The van der Waals surface area contributed by atoms with Gasteiger partial charge in [-0.05, 0) is 71.3 Å². The molecule has 0 aliphatic carbocycles. The molecule has 3 nitrogen and oxygen atoms in total. The van der Waals surface area contributed by atoms with Gasteiger partial charge in [0.1, 0.15) is 22.3 Å². The van der Waals surface area contributed by atoms with Gasteiger partial charge >= 0.3 is 0 Å². The normalized spacial score (nSPS) is 11.6. The first-order chi connectivity index (χ1) is 22.3. The van der Waals surface area contributed by atoms with Crippen molar-refractivity contribution in [2.75, 3.05) is 4.90 Å². The van der Waals surface area contributed by atoms with Crippen LogP contribution in [-0.2, 0) is 0 Å². The Hall–Kier alpha value is -6.06. The Bertz CT molecular complexity index is 2490. The monoisotopic (exact) mass is 577 g/mol. The fraction of sp³-hybridized carbons (Fsp3) is 0. The molecule has 0 atom stereocenters. The fourth-order valence-corrected chi connectivity index (χ4v) is 6.63. The van der Waals surface area contributed by atoms with E-state index >= 15 is 0 Å². The maximum Gasteiger partial charge on any atom is 0.137 e. The van der Waals surface area contributed by atoms with Crippen LogP contribution in [0.2, 0.25) is 0 Å². The minimum Gasteiger partial charge on any atom is -0.456 e. The average Bonchev–Trinajstić information content (AvgIpc) is 3.67. The van der Waals surface area contributed by atoms with Gasteiger partial charge in [-0.2, -0.15) is 0 Å². The molecule has 0 fully saturated rings. The quantitative estimate of drug-likeness (QED) is 0.204. The summed E-state index contributed by atoms with van der Waals surface area (Å²) >= 11 is 0. The van der Waals surface area contributed by atoms with E-state index in [1.54, 1.807) is 0 Å². The minimum absolute atomic E-state index is 0.858. The summed E-state index contributed by atoms with van der Waals surface area (Å²) in [5.41, 5.74) is 11.2. The van der Waals surface area contributed by atoms with Crippen LogP contribution in [0.5, 0.6) is 0 Å². The molecule has 0 amide bonds. The van der Waals surface area contributed by atoms with Crippen LogP contribution in [0.15, 0.2) is 173 Å². The van der Waals surface area contributed by atoms with E-state index in [0.29, 0.717) is 0 Å². The number of hydrogen-bond acceptors (Lipinski definition) is 3. The van der Waals surface area contributed by atoms with Crippen molar-refractivity contribution >= 4 is 60.9 Å². The second-order valence-corrected chi connectivity index (χ2v) is 11.3. The van der Waals surface area contributed by atoms with Crippen molar-refractivity contribution in [3.63, 3.8) is 0 Å². The first kappa shape index (κ1) is 25.4. The summed E-state index contributed by atoms with van der Waals surface area (Å²) in [5.74, 6) is 0. The van der Waals surface area contributed by atoms with Gasteiger partial charge in [-0.3, -0.25) is 0 Å². The molecule has 212 valence electrons. The average molecular weight is 578 g/mol. The minimum atomic E-state index is 0.858. The third kappa shape index (κ3) is 4.21.